The number of hydrogen-bond donors (Lipinski definition) is 3. The standard InChI is InChI=1S/C24H29N3O3/c1-2-30-23-14-9-12-19-17(23)16-21(26-19)22(28)13-5-3-4-6-15-24(29)27-20-11-8-7-10-18(20)25/h7-12,14,16,26H,2-6,13,15,25H2,1H3,(H,27,29). The third-order valence-electron chi connectivity index (χ3n) is 5.02. The van der Waals surface area contributed by atoms with Crippen molar-refractivity contribution in [3.05, 3.63) is 54.2 Å². The van der Waals surface area contributed by atoms with Crippen LogP contribution in [0, 0.1) is 0 Å². The molecule has 30 heavy (non-hydrogen) atoms. The average molecular weight is 408 g/mol. The van der Waals surface area contributed by atoms with E-state index in [0.717, 1.165) is 42.3 Å². The number of benzene rings is 2. The first-order chi connectivity index (χ1) is 14.6. The van der Waals surface area contributed by atoms with E-state index in [2.05, 4.69) is 10.3 Å². The SMILES string of the molecule is CCOc1cccc2[nH]c(C(=O)CCCCCCC(=O)Nc3ccccc3N)cc12. The van der Waals surface area contributed by atoms with E-state index < -0.39 is 0 Å². The zero-order valence-electron chi connectivity index (χ0n) is 17.4. The number of carbonyl (C=O) groups excluding carboxylic acids is 2. The predicted octanol–water partition coefficient (Wildman–Crippen LogP) is 5.31. The summed E-state index contributed by atoms with van der Waals surface area (Å²) < 4.78 is 5.63. The lowest BCUT2D eigenvalue weighted by atomic mass is 10.1. The molecule has 3 aromatic rings. The fourth-order valence-electron chi connectivity index (χ4n) is 3.44. The summed E-state index contributed by atoms with van der Waals surface area (Å²) in [4.78, 5) is 27.7. The second-order valence-electron chi connectivity index (χ2n) is 7.31. The van der Waals surface area contributed by atoms with E-state index in [9.17, 15) is 9.59 Å². The monoisotopic (exact) mass is 407 g/mol. The molecule has 2 aromatic carbocycles. The van der Waals surface area contributed by atoms with Crippen LogP contribution in [0.25, 0.3) is 10.9 Å². The van der Waals surface area contributed by atoms with E-state index in [0.29, 0.717) is 36.5 Å². The molecule has 0 aliphatic carbocycles. The quantitative estimate of drug-likeness (QED) is 0.228. The molecule has 1 amide bonds. The Bertz CT molecular complexity index is 1010. The normalized spacial score (nSPS) is 10.8. The lowest BCUT2D eigenvalue weighted by Gasteiger charge is -2.07. The van der Waals surface area contributed by atoms with Crippen LogP contribution in [0.2, 0.25) is 0 Å². The first kappa shape index (κ1) is 21.4. The van der Waals surface area contributed by atoms with E-state index in [-0.39, 0.29) is 11.7 Å². The molecule has 0 radical (unpaired) electrons. The Kier molecular flexibility index (Phi) is 7.49. The second-order valence-corrected chi connectivity index (χ2v) is 7.31. The number of Topliss-reactive ketones (excluding diaryl/α,β-unsaturated/α-hetero) is 1. The molecule has 1 aromatic heterocycles. The van der Waals surface area contributed by atoms with Crippen LogP contribution in [0.5, 0.6) is 5.75 Å². The van der Waals surface area contributed by atoms with Gasteiger partial charge in [0.1, 0.15) is 5.75 Å². The minimum absolute atomic E-state index is 0.0350. The Morgan fingerprint density at radius 1 is 1.00 bits per heavy atom. The predicted molar refractivity (Wildman–Crippen MR) is 121 cm³/mol. The highest BCUT2D eigenvalue weighted by Gasteiger charge is 2.12. The van der Waals surface area contributed by atoms with Crippen LogP contribution < -0.4 is 15.8 Å². The molecule has 0 saturated heterocycles. The van der Waals surface area contributed by atoms with E-state index in [1.54, 1.807) is 12.1 Å². The van der Waals surface area contributed by atoms with Gasteiger partial charge in [0.25, 0.3) is 0 Å². The van der Waals surface area contributed by atoms with Gasteiger partial charge in [0.15, 0.2) is 5.78 Å². The summed E-state index contributed by atoms with van der Waals surface area (Å²) in [5.74, 6) is 0.860. The van der Waals surface area contributed by atoms with Crippen molar-refractivity contribution in [2.75, 3.05) is 17.7 Å². The molecule has 0 saturated carbocycles. The molecule has 4 N–H and O–H groups in total. The number of nitrogens with two attached hydrogens (primary N) is 1. The summed E-state index contributed by atoms with van der Waals surface area (Å²) in [6.45, 7) is 2.53. The van der Waals surface area contributed by atoms with Crippen LogP contribution in [0.1, 0.15) is 55.9 Å². The number of unbranched alkanes of at least 4 members (excludes halogenated alkanes) is 3. The highest BCUT2D eigenvalue weighted by Crippen LogP contribution is 2.27. The van der Waals surface area contributed by atoms with Gasteiger partial charge in [0, 0.05) is 23.7 Å². The number of nitrogen functional groups attached to an aromatic ring is 1. The molecule has 0 fully saturated rings. The fraction of sp³-hybridized carbons (Fsp3) is 0.333. The summed E-state index contributed by atoms with van der Waals surface area (Å²) in [7, 11) is 0. The molecule has 0 atom stereocenters. The van der Waals surface area contributed by atoms with Crippen molar-refractivity contribution < 1.29 is 14.3 Å². The number of amides is 1. The highest BCUT2D eigenvalue weighted by atomic mass is 16.5. The van der Waals surface area contributed by atoms with Gasteiger partial charge in [-0.1, -0.05) is 31.0 Å². The Hall–Kier alpha value is -3.28. The first-order valence-corrected chi connectivity index (χ1v) is 10.5. The molecule has 6 heteroatoms. The van der Waals surface area contributed by atoms with E-state index in [4.69, 9.17) is 10.5 Å². The summed E-state index contributed by atoms with van der Waals surface area (Å²) in [6, 6.07) is 14.9. The van der Waals surface area contributed by atoms with Crippen LogP contribution in [0.3, 0.4) is 0 Å². The first-order valence-electron chi connectivity index (χ1n) is 10.5. The van der Waals surface area contributed by atoms with Crippen LogP contribution in [-0.4, -0.2) is 23.3 Å². The number of para-hydroxylation sites is 2. The maximum Gasteiger partial charge on any atom is 0.224 e. The van der Waals surface area contributed by atoms with Gasteiger partial charge in [-0.25, -0.2) is 0 Å². The molecule has 1 heterocycles. The molecular weight excluding hydrogens is 378 g/mol. The summed E-state index contributed by atoms with van der Waals surface area (Å²) >= 11 is 0. The lowest BCUT2D eigenvalue weighted by molar-refractivity contribution is -0.116. The number of carbonyl (C=O) groups is 2. The second kappa shape index (κ2) is 10.5. The topological polar surface area (TPSA) is 97.2 Å². The van der Waals surface area contributed by atoms with Gasteiger partial charge in [-0.05, 0) is 50.1 Å². The van der Waals surface area contributed by atoms with Crippen LogP contribution >= 0.6 is 0 Å². The van der Waals surface area contributed by atoms with Crippen molar-refractivity contribution in [2.24, 2.45) is 0 Å². The Balaban J connectivity index is 1.38. The Morgan fingerprint density at radius 2 is 1.77 bits per heavy atom. The minimum Gasteiger partial charge on any atom is -0.493 e. The smallest absolute Gasteiger partial charge is 0.224 e. The molecule has 0 aliphatic rings. The van der Waals surface area contributed by atoms with Crippen LogP contribution in [0.15, 0.2) is 48.5 Å². The Morgan fingerprint density at radius 3 is 2.53 bits per heavy atom. The number of anilines is 2. The lowest BCUT2D eigenvalue weighted by Crippen LogP contribution is -2.12. The van der Waals surface area contributed by atoms with Gasteiger partial charge in [0.05, 0.1) is 23.7 Å². The molecule has 0 bridgehead atoms. The van der Waals surface area contributed by atoms with Crippen molar-refractivity contribution in [1.29, 1.82) is 0 Å². The number of rotatable bonds is 11. The van der Waals surface area contributed by atoms with Crippen LogP contribution in [0.4, 0.5) is 11.4 Å². The molecule has 158 valence electrons. The van der Waals surface area contributed by atoms with Crippen LogP contribution in [-0.2, 0) is 4.79 Å². The zero-order valence-corrected chi connectivity index (χ0v) is 17.4. The van der Waals surface area contributed by atoms with E-state index >= 15 is 0 Å². The maximum absolute atomic E-state index is 12.5. The van der Waals surface area contributed by atoms with Gasteiger partial charge >= 0.3 is 0 Å². The largest absolute Gasteiger partial charge is 0.493 e. The third kappa shape index (κ3) is 5.63. The Labute approximate surface area is 176 Å². The average Bonchev–Trinajstić information content (AvgIpc) is 3.18. The number of H-pyrrole nitrogens is 1. The van der Waals surface area contributed by atoms with Gasteiger partial charge < -0.3 is 20.8 Å². The maximum atomic E-state index is 12.5. The fourth-order valence-corrected chi connectivity index (χ4v) is 3.44. The highest BCUT2D eigenvalue weighted by molar-refractivity contribution is 6.00. The molecule has 3 rings (SSSR count). The van der Waals surface area contributed by atoms with Gasteiger partial charge in [0.2, 0.25) is 5.91 Å². The van der Waals surface area contributed by atoms with Crippen molar-refractivity contribution >= 4 is 34.0 Å². The van der Waals surface area contributed by atoms with Gasteiger partial charge in [-0.2, -0.15) is 0 Å². The van der Waals surface area contributed by atoms with E-state index in [1.165, 1.54) is 0 Å². The van der Waals surface area contributed by atoms with Gasteiger partial charge in [-0.15, -0.1) is 0 Å². The summed E-state index contributed by atoms with van der Waals surface area (Å²) in [5, 5.41) is 3.77. The van der Waals surface area contributed by atoms with Crippen molar-refractivity contribution in [3.8, 4) is 5.75 Å². The summed E-state index contributed by atoms with van der Waals surface area (Å²) in [6.07, 6.45) is 4.35. The van der Waals surface area contributed by atoms with E-state index in [1.807, 2.05) is 43.3 Å². The van der Waals surface area contributed by atoms with Gasteiger partial charge in [-0.3, -0.25) is 9.59 Å². The van der Waals surface area contributed by atoms with Crippen molar-refractivity contribution in [2.45, 2.75) is 45.4 Å². The number of ether oxygens (including phenoxy) is 1. The number of nitrogens with one attached hydrogen (secondary N) is 2. The third-order valence-corrected chi connectivity index (χ3v) is 5.02. The molecular formula is C24H29N3O3. The number of hydrogen-bond acceptors (Lipinski definition) is 4. The molecule has 0 spiro atoms. The molecule has 0 unspecified atom stereocenters. The molecule has 6 nitrogen and oxygen atoms in total. The summed E-state index contributed by atoms with van der Waals surface area (Å²) in [5.41, 5.74) is 8.58. The zero-order chi connectivity index (χ0) is 21.3. The number of ketones is 1. The molecule has 0 aliphatic heterocycles. The van der Waals surface area contributed by atoms with Crippen molar-refractivity contribution in [3.63, 3.8) is 0 Å². The minimum atomic E-state index is -0.0350. The number of aromatic amines is 1. The number of fused-ring (bicyclic) bond motifs is 1. The number of aromatic nitrogens is 1. The van der Waals surface area contributed by atoms with Crippen molar-refractivity contribution in [1.82, 2.24) is 4.98 Å².